The van der Waals surface area contributed by atoms with Crippen LogP contribution in [0.25, 0.3) is 0 Å². The number of nitrogens with one attached hydrogen (secondary N) is 1. The van der Waals surface area contributed by atoms with Crippen LogP contribution in [-0.2, 0) is 5.41 Å². The standard InChI is InChI=1S/C24H29NO5/c1-26-20-10-15(11-21(27-2)23(20)28-3)22-16-12-18-19(30-9-8-29-18)13-17(16)24(14-25-22)6-4-5-7-24/h10-13,22,25H,4-9,14H2,1-3H3/t22-/m1/s1. The first-order valence-electron chi connectivity index (χ1n) is 10.7. The van der Waals surface area contributed by atoms with E-state index in [-0.39, 0.29) is 11.5 Å². The highest BCUT2D eigenvalue weighted by molar-refractivity contribution is 5.59. The molecule has 0 amide bonds. The molecule has 160 valence electrons. The van der Waals surface area contributed by atoms with E-state index in [0.717, 1.165) is 23.6 Å². The largest absolute Gasteiger partial charge is 0.493 e. The van der Waals surface area contributed by atoms with E-state index in [0.29, 0.717) is 30.5 Å². The van der Waals surface area contributed by atoms with Gasteiger partial charge in [-0.05, 0) is 53.8 Å². The number of fused-ring (bicyclic) bond motifs is 3. The molecule has 6 nitrogen and oxygen atoms in total. The van der Waals surface area contributed by atoms with Crippen LogP contribution < -0.4 is 29.0 Å². The normalized spacial score (nSPS) is 21.2. The summed E-state index contributed by atoms with van der Waals surface area (Å²) in [6.07, 6.45) is 4.94. The average molecular weight is 411 g/mol. The molecule has 2 aromatic carbocycles. The fraction of sp³-hybridized carbons (Fsp3) is 0.500. The lowest BCUT2D eigenvalue weighted by atomic mass is 9.71. The van der Waals surface area contributed by atoms with E-state index >= 15 is 0 Å². The zero-order valence-corrected chi connectivity index (χ0v) is 17.9. The Bertz CT molecular complexity index is 926. The summed E-state index contributed by atoms with van der Waals surface area (Å²) in [4.78, 5) is 0. The highest BCUT2D eigenvalue weighted by Crippen LogP contribution is 2.51. The van der Waals surface area contributed by atoms with Crippen LogP contribution in [0, 0.1) is 0 Å². The minimum Gasteiger partial charge on any atom is -0.493 e. The van der Waals surface area contributed by atoms with Gasteiger partial charge in [-0.15, -0.1) is 0 Å². The molecule has 0 saturated heterocycles. The third-order valence-corrected chi connectivity index (χ3v) is 6.82. The summed E-state index contributed by atoms with van der Waals surface area (Å²) in [5, 5.41) is 3.82. The molecule has 2 aromatic rings. The zero-order valence-electron chi connectivity index (χ0n) is 17.9. The third-order valence-electron chi connectivity index (χ3n) is 6.82. The van der Waals surface area contributed by atoms with Crippen LogP contribution in [0.2, 0.25) is 0 Å². The van der Waals surface area contributed by atoms with E-state index in [4.69, 9.17) is 23.7 Å². The summed E-state index contributed by atoms with van der Waals surface area (Å²) in [5.74, 6) is 3.63. The van der Waals surface area contributed by atoms with Gasteiger partial charge in [0.15, 0.2) is 23.0 Å². The maximum atomic E-state index is 5.93. The van der Waals surface area contributed by atoms with Gasteiger partial charge in [0.2, 0.25) is 5.75 Å². The van der Waals surface area contributed by atoms with Crippen molar-refractivity contribution in [3.05, 3.63) is 41.0 Å². The van der Waals surface area contributed by atoms with Crippen molar-refractivity contribution in [2.45, 2.75) is 37.1 Å². The Labute approximate surface area is 177 Å². The van der Waals surface area contributed by atoms with Gasteiger partial charge in [-0.2, -0.15) is 0 Å². The lowest BCUT2D eigenvalue weighted by Crippen LogP contribution is -2.44. The van der Waals surface area contributed by atoms with Crippen molar-refractivity contribution in [2.75, 3.05) is 41.1 Å². The quantitative estimate of drug-likeness (QED) is 0.821. The van der Waals surface area contributed by atoms with Gasteiger partial charge in [0.1, 0.15) is 13.2 Å². The second-order valence-electron chi connectivity index (χ2n) is 8.34. The molecular weight excluding hydrogens is 382 g/mol. The van der Waals surface area contributed by atoms with E-state index in [9.17, 15) is 0 Å². The van der Waals surface area contributed by atoms with Crippen LogP contribution in [0.15, 0.2) is 24.3 Å². The first kappa shape index (κ1) is 19.4. The molecule has 1 aliphatic carbocycles. The van der Waals surface area contributed by atoms with Gasteiger partial charge in [0.25, 0.3) is 0 Å². The predicted molar refractivity (Wildman–Crippen MR) is 114 cm³/mol. The minimum absolute atomic E-state index is 0.00996. The molecular formula is C24H29NO5. The minimum atomic E-state index is 0.00996. The van der Waals surface area contributed by atoms with Crippen LogP contribution in [0.4, 0.5) is 0 Å². The van der Waals surface area contributed by atoms with Gasteiger partial charge in [-0.25, -0.2) is 0 Å². The number of benzene rings is 2. The molecule has 2 aliphatic heterocycles. The lowest BCUT2D eigenvalue weighted by Gasteiger charge is -2.41. The summed E-state index contributed by atoms with van der Waals surface area (Å²) in [6.45, 7) is 2.13. The van der Waals surface area contributed by atoms with Crippen LogP contribution in [0.3, 0.4) is 0 Å². The fourth-order valence-electron chi connectivity index (χ4n) is 5.37. The topological polar surface area (TPSA) is 58.2 Å². The van der Waals surface area contributed by atoms with Gasteiger partial charge < -0.3 is 29.0 Å². The summed E-state index contributed by atoms with van der Waals surface area (Å²) in [7, 11) is 4.93. The second kappa shape index (κ2) is 7.58. The number of hydrogen-bond donors (Lipinski definition) is 1. The number of rotatable bonds is 4. The van der Waals surface area contributed by atoms with Gasteiger partial charge in [-0.1, -0.05) is 12.8 Å². The maximum absolute atomic E-state index is 5.93. The van der Waals surface area contributed by atoms with Crippen molar-refractivity contribution in [1.82, 2.24) is 5.32 Å². The SMILES string of the molecule is COc1cc([C@H]2NCC3(CCCC3)c3cc4c(cc32)OCCO4)cc(OC)c1OC. The van der Waals surface area contributed by atoms with Crippen molar-refractivity contribution in [2.24, 2.45) is 0 Å². The number of hydrogen-bond acceptors (Lipinski definition) is 6. The van der Waals surface area contributed by atoms with Crippen LogP contribution in [0.5, 0.6) is 28.7 Å². The van der Waals surface area contributed by atoms with E-state index in [1.807, 2.05) is 12.1 Å². The summed E-state index contributed by atoms with van der Waals surface area (Å²) in [6, 6.07) is 8.49. The highest BCUT2D eigenvalue weighted by Gasteiger charge is 2.43. The monoisotopic (exact) mass is 411 g/mol. The summed E-state index contributed by atoms with van der Waals surface area (Å²) < 4.78 is 28.6. The Morgan fingerprint density at radius 2 is 1.50 bits per heavy atom. The Hall–Kier alpha value is -2.60. The molecule has 3 aliphatic rings. The molecule has 1 saturated carbocycles. The second-order valence-corrected chi connectivity index (χ2v) is 8.34. The molecule has 0 aromatic heterocycles. The van der Waals surface area contributed by atoms with Crippen LogP contribution in [-0.4, -0.2) is 41.1 Å². The maximum Gasteiger partial charge on any atom is 0.203 e. The molecule has 2 heterocycles. The summed E-state index contributed by atoms with van der Waals surface area (Å²) >= 11 is 0. The van der Waals surface area contributed by atoms with Gasteiger partial charge >= 0.3 is 0 Å². The van der Waals surface area contributed by atoms with E-state index in [1.165, 1.54) is 36.8 Å². The van der Waals surface area contributed by atoms with Crippen molar-refractivity contribution in [3.8, 4) is 28.7 Å². The van der Waals surface area contributed by atoms with Crippen LogP contribution in [0.1, 0.15) is 48.4 Å². The van der Waals surface area contributed by atoms with Crippen molar-refractivity contribution < 1.29 is 23.7 Å². The van der Waals surface area contributed by atoms with Crippen molar-refractivity contribution in [3.63, 3.8) is 0 Å². The van der Waals surface area contributed by atoms with Crippen molar-refractivity contribution in [1.29, 1.82) is 0 Å². The molecule has 6 heteroatoms. The Kier molecular flexibility index (Phi) is 4.89. The number of ether oxygens (including phenoxy) is 5. The molecule has 1 N–H and O–H groups in total. The molecule has 1 fully saturated rings. The molecule has 1 spiro atoms. The fourth-order valence-corrected chi connectivity index (χ4v) is 5.37. The highest BCUT2D eigenvalue weighted by atomic mass is 16.6. The smallest absolute Gasteiger partial charge is 0.203 e. The van der Waals surface area contributed by atoms with Crippen molar-refractivity contribution >= 4 is 0 Å². The third kappa shape index (κ3) is 2.97. The summed E-state index contributed by atoms with van der Waals surface area (Å²) in [5.41, 5.74) is 3.89. The van der Waals surface area contributed by atoms with Crippen LogP contribution >= 0.6 is 0 Å². The Morgan fingerprint density at radius 1 is 0.867 bits per heavy atom. The first-order chi connectivity index (χ1) is 14.7. The van der Waals surface area contributed by atoms with E-state index < -0.39 is 0 Å². The Morgan fingerprint density at radius 3 is 2.10 bits per heavy atom. The van der Waals surface area contributed by atoms with Gasteiger partial charge in [-0.3, -0.25) is 0 Å². The van der Waals surface area contributed by atoms with E-state index in [1.54, 1.807) is 21.3 Å². The average Bonchev–Trinajstić information content (AvgIpc) is 3.26. The molecule has 30 heavy (non-hydrogen) atoms. The lowest BCUT2D eigenvalue weighted by molar-refractivity contribution is 0.170. The van der Waals surface area contributed by atoms with Gasteiger partial charge in [0, 0.05) is 12.0 Å². The number of methoxy groups -OCH3 is 3. The Balaban J connectivity index is 1.66. The van der Waals surface area contributed by atoms with E-state index in [2.05, 4.69) is 17.4 Å². The first-order valence-corrected chi connectivity index (χ1v) is 10.7. The zero-order chi connectivity index (χ0) is 20.7. The van der Waals surface area contributed by atoms with Gasteiger partial charge in [0.05, 0.1) is 27.4 Å². The molecule has 1 atom stereocenters. The molecule has 0 bridgehead atoms. The molecule has 5 rings (SSSR count). The predicted octanol–water partition coefficient (Wildman–Crippen LogP) is 3.99. The molecule has 0 unspecified atom stereocenters. The molecule has 0 radical (unpaired) electrons.